The number of carbonyl (C=O) groups excluding carboxylic acids is 1. The Morgan fingerprint density at radius 2 is 1.93 bits per heavy atom. The van der Waals surface area contributed by atoms with E-state index in [0.29, 0.717) is 18.8 Å². The van der Waals surface area contributed by atoms with Gasteiger partial charge in [0.05, 0.1) is 13.2 Å². The lowest BCUT2D eigenvalue weighted by molar-refractivity contribution is -0.132. The molecular weight excluding hydrogens is 200 g/mol. The lowest BCUT2D eigenvalue weighted by Gasteiger charge is -2.22. The second-order valence-corrected chi connectivity index (χ2v) is 6.70. The summed E-state index contributed by atoms with van der Waals surface area (Å²) in [6.07, 6.45) is 0. The van der Waals surface area contributed by atoms with Gasteiger partial charge in [-0.1, -0.05) is 6.58 Å². The maximum atomic E-state index is 11.2. The molecular formula is C9H18O4Si. The Balaban J connectivity index is 3.93. The third-order valence-corrected chi connectivity index (χ3v) is 3.00. The average Bonchev–Trinajstić information content (AvgIpc) is 2.03. The van der Waals surface area contributed by atoms with Crippen LogP contribution in [-0.2, 0) is 18.4 Å². The first-order valence-electron chi connectivity index (χ1n) is 4.41. The standard InChI is InChI=1S/C9H18O4Si/c1-8(2)9(10)13-14(4,5)12-7-6-11-3/h1,6-7H2,2-5H3. The first kappa shape index (κ1) is 13.3. The molecule has 0 aliphatic rings. The Bertz CT molecular complexity index is 213. The fourth-order valence-electron chi connectivity index (χ4n) is 0.711. The van der Waals surface area contributed by atoms with Crippen molar-refractivity contribution in [2.45, 2.75) is 20.0 Å². The van der Waals surface area contributed by atoms with Crippen LogP contribution in [0.3, 0.4) is 0 Å². The van der Waals surface area contributed by atoms with E-state index in [1.165, 1.54) is 0 Å². The van der Waals surface area contributed by atoms with Crippen LogP contribution in [0.5, 0.6) is 0 Å². The van der Waals surface area contributed by atoms with Crippen molar-refractivity contribution in [3.63, 3.8) is 0 Å². The Morgan fingerprint density at radius 3 is 2.36 bits per heavy atom. The number of rotatable bonds is 6. The van der Waals surface area contributed by atoms with E-state index in [1.54, 1.807) is 14.0 Å². The van der Waals surface area contributed by atoms with Gasteiger partial charge in [0, 0.05) is 12.7 Å². The predicted octanol–water partition coefficient (Wildman–Crippen LogP) is 1.47. The molecule has 0 heterocycles. The fourth-order valence-corrected chi connectivity index (χ4v) is 1.97. The minimum atomic E-state index is -2.36. The largest absolute Gasteiger partial charge is 0.491 e. The van der Waals surface area contributed by atoms with E-state index in [-0.39, 0.29) is 5.97 Å². The molecule has 0 aliphatic carbocycles. The molecule has 0 aliphatic heterocycles. The van der Waals surface area contributed by atoms with Gasteiger partial charge < -0.3 is 13.6 Å². The first-order chi connectivity index (χ1) is 6.39. The Hall–Kier alpha value is -0.653. The summed E-state index contributed by atoms with van der Waals surface area (Å²) in [5, 5.41) is 0. The highest BCUT2D eigenvalue weighted by atomic mass is 28.4. The van der Waals surface area contributed by atoms with E-state index in [9.17, 15) is 4.79 Å². The van der Waals surface area contributed by atoms with E-state index in [1.807, 2.05) is 13.1 Å². The molecule has 14 heavy (non-hydrogen) atoms. The maximum absolute atomic E-state index is 11.2. The lowest BCUT2D eigenvalue weighted by atomic mass is 10.4. The summed E-state index contributed by atoms with van der Waals surface area (Å²) in [4.78, 5) is 11.2. The van der Waals surface area contributed by atoms with Crippen molar-refractivity contribution in [1.29, 1.82) is 0 Å². The molecule has 0 N–H and O–H groups in total. The molecule has 0 radical (unpaired) electrons. The van der Waals surface area contributed by atoms with Crippen LogP contribution in [0.1, 0.15) is 6.92 Å². The summed E-state index contributed by atoms with van der Waals surface area (Å²) in [6, 6.07) is 0. The van der Waals surface area contributed by atoms with Crippen molar-refractivity contribution in [3.05, 3.63) is 12.2 Å². The zero-order valence-electron chi connectivity index (χ0n) is 9.25. The average molecular weight is 218 g/mol. The van der Waals surface area contributed by atoms with Gasteiger partial charge in [-0.3, -0.25) is 0 Å². The summed E-state index contributed by atoms with van der Waals surface area (Å²) in [5.74, 6) is -0.390. The zero-order chi connectivity index (χ0) is 11.2. The predicted molar refractivity (Wildman–Crippen MR) is 56.2 cm³/mol. The number of ether oxygens (including phenoxy) is 1. The van der Waals surface area contributed by atoms with Crippen molar-refractivity contribution in [1.82, 2.24) is 0 Å². The maximum Gasteiger partial charge on any atom is 0.395 e. The highest BCUT2D eigenvalue weighted by molar-refractivity contribution is 6.66. The monoisotopic (exact) mass is 218 g/mol. The third kappa shape index (κ3) is 5.90. The first-order valence-corrected chi connectivity index (χ1v) is 7.22. The van der Waals surface area contributed by atoms with Crippen LogP contribution in [0.2, 0.25) is 13.1 Å². The summed E-state index contributed by atoms with van der Waals surface area (Å²) < 4.78 is 15.4. The Kier molecular flexibility index (Phi) is 5.67. The van der Waals surface area contributed by atoms with E-state index in [2.05, 4.69) is 6.58 Å². The van der Waals surface area contributed by atoms with Crippen molar-refractivity contribution in [2.24, 2.45) is 0 Å². The summed E-state index contributed by atoms with van der Waals surface area (Å²) >= 11 is 0. The van der Waals surface area contributed by atoms with Gasteiger partial charge in [-0.15, -0.1) is 0 Å². The van der Waals surface area contributed by atoms with Gasteiger partial charge in [-0.2, -0.15) is 0 Å². The van der Waals surface area contributed by atoms with Crippen LogP contribution in [0.25, 0.3) is 0 Å². The van der Waals surface area contributed by atoms with Crippen LogP contribution in [-0.4, -0.2) is 34.9 Å². The van der Waals surface area contributed by atoms with E-state index in [4.69, 9.17) is 13.6 Å². The molecule has 0 rings (SSSR count). The number of hydrogen-bond acceptors (Lipinski definition) is 4. The topological polar surface area (TPSA) is 44.8 Å². The lowest BCUT2D eigenvalue weighted by Crippen LogP contribution is -2.38. The van der Waals surface area contributed by atoms with Crippen LogP contribution < -0.4 is 0 Å². The van der Waals surface area contributed by atoms with E-state index < -0.39 is 8.56 Å². The number of hydrogen-bond donors (Lipinski definition) is 0. The van der Waals surface area contributed by atoms with Crippen molar-refractivity contribution in [3.8, 4) is 0 Å². The van der Waals surface area contributed by atoms with Crippen LogP contribution in [0.4, 0.5) is 0 Å². The zero-order valence-corrected chi connectivity index (χ0v) is 10.3. The van der Waals surface area contributed by atoms with Gasteiger partial charge in [0.15, 0.2) is 0 Å². The smallest absolute Gasteiger partial charge is 0.395 e. The van der Waals surface area contributed by atoms with Crippen LogP contribution in [0, 0.1) is 0 Å². The van der Waals surface area contributed by atoms with Crippen molar-refractivity contribution in [2.75, 3.05) is 20.3 Å². The minimum Gasteiger partial charge on any atom is -0.491 e. The molecule has 0 aromatic rings. The SMILES string of the molecule is C=C(C)C(=O)O[Si](C)(C)OCCOC. The van der Waals surface area contributed by atoms with Gasteiger partial charge in [0.1, 0.15) is 0 Å². The third-order valence-electron chi connectivity index (χ3n) is 1.42. The van der Waals surface area contributed by atoms with Gasteiger partial charge in [0.2, 0.25) is 0 Å². The molecule has 0 saturated heterocycles. The molecule has 82 valence electrons. The second-order valence-electron chi connectivity index (χ2n) is 3.41. The normalized spacial score (nSPS) is 11.1. The van der Waals surface area contributed by atoms with Gasteiger partial charge in [-0.25, -0.2) is 4.79 Å². The highest BCUT2D eigenvalue weighted by Crippen LogP contribution is 2.08. The van der Waals surface area contributed by atoms with Crippen molar-refractivity contribution < 1.29 is 18.4 Å². The summed E-state index contributed by atoms with van der Waals surface area (Å²) in [7, 11) is -0.762. The molecule has 0 bridgehead atoms. The van der Waals surface area contributed by atoms with E-state index in [0.717, 1.165) is 0 Å². The molecule has 5 heteroatoms. The Labute approximate surface area is 86.1 Å². The summed E-state index contributed by atoms with van der Waals surface area (Å²) in [6.45, 7) is 9.68. The quantitative estimate of drug-likeness (QED) is 0.385. The van der Waals surface area contributed by atoms with Crippen LogP contribution in [0.15, 0.2) is 12.2 Å². The molecule has 0 saturated carbocycles. The van der Waals surface area contributed by atoms with Crippen molar-refractivity contribution >= 4 is 14.5 Å². The second kappa shape index (κ2) is 5.95. The molecule has 0 atom stereocenters. The summed E-state index contributed by atoms with van der Waals surface area (Å²) in [5.41, 5.74) is 0.390. The van der Waals surface area contributed by atoms with E-state index >= 15 is 0 Å². The van der Waals surface area contributed by atoms with Gasteiger partial charge in [-0.05, 0) is 20.0 Å². The number of methoxy groups -OCH3 is 1. The molecule has 0 fully saturated rings. The molecule has 0 aromatic carbocycles. The van der Waals surface area contributed by atoms with Crippen LogP contribution >= 0.6 is 0 Å². The highest BCUT2D eigenvalue weighted by Gasteiger charge is 2.29. The molecule has 4 nitrogen and oxygen atoms in total. The minimum absolute atomic E-state index is 0.390. The molecule has 0 spiro atoms. The molecule has 0 aromatic heterocycles. The molecule has 0 unspecified atom stereocenters. The number of carbonyl (C=O) groups is 1. The van der Waals surface area contributed by atoms with Gasteiger partial charge >= 0.3 is 14.5 Å². The molecule has 0 amide bonds. The fraction of sp³-hybridized carbons (Fsp3) is 0.667. The van der Waals surface area contributed by atoms with Gasteiger partial charge in [0.25, 0.3) is 0 Å². The Morgan fingerprint density at radius 1 is 1.36 bits per heavy atom.